The van der Waals surface area contributed by atoms with Crippen molar-refractivity contribution in [1.82, 2.24) is 5.32 Å². The Kier molecular flexibility index (Phi) is 3.31. The van der Waals surface area contributed by atoms with E-state index in [1.165, 1.54) is 6.26 Å². The van der Waals surface area contributed by atoms with Gasteiger partial charge in [0.25, 0.3) is 5.91 Å². The maximum Gasteiger partial charge on any atom is 0.287 e. The minimum atomic E-state index is -1.23. The van der Waals surface area contributed by atoms with Crippen LogP contribution in [0.4, 0.5) is 0 Å². The van der Waals surface area contributed by atoms with Gasteiger partial charge in [-0.05, 0) is 36.8 Å². The van der Waals surface area contributed by atoms with Crippen molar-refractivity contribution in [3.05, 3.63) is 47.9 Å². The van der Waals surface area contributed by atoms with Crippen LogP contribution >= 0.6 is 0 Å². The van der Waals surface area contributed by atoms with Crippen LogP contribution in [0, 0.1) is 0 Å². The summed E-state index contributed by atoms with van der Waals surface area (Å²) < 4.78 is 15.5. The average Bonchev–Trinajstić information content (AvgIpc) is 3.14. The van der Waals surface area contributed by atoms with Crippen molar-refractivity contribution in [1.29, 1.82) is 0 Å². The summed E-state index contributed by atoms with van der Waals surface area (Å²) in [5, 5.41) is 13.2. The molecular weight excluding hydrogens is 274 g/mol. The third kappa shape index (κ3) is 2.71. The molecule has 1 aromatic heterocycles. The van der Waals surface area contributed by atoms with Crippen LogP contribution in [-0.2, 0) is 5.60 Å². The molecule has 0 saturated carbocycles. The third-order valence-corrected chi connectivity index (χ3v) is 3.33. The second-order valence-electron chi connectivity index (χ2n) is 5.00. The van der Waals surface area contributed by atoms with E-state index >= 15 is 0 Å². The fraction of sp³-hybridized carbons (Fsp3) is 0.267. The fourth-order valence-corrected chi connectivity index (χ4v) is 2.08. The summed E-state index contributed by atoms with van der Waals surface area (Å²) in [5.41, 5.74) is -0.602. The van der Waals surface area contributed by atoms with Crippen LogP contribution in [0.1, 0.15) is 23.0 Å². The van der Waals surface area contributed by atoms with Gasteiger partial charge >= 0.3 is 0 Å². The van der Waals surface area contributed by atoms with E-state index in [0.29, 0.717) is 17.1 Å². The molecule has 0 aliphatic carbocycles. The SMILES string of the molecule is CC(O)(CNC(=O)c1ccco1)c1ccc2c(c1)OCO2. The van der Waals surface area contributed by atoms with Crippen LogP contribution in [0.2, 0.25) is 0 Å². The van der Waals surface area contributed by atoms with Gasteiger partial charge in [-0.2, -0.15) is 0 Å². The minimum absolute atomic E-state index is 0.0478. The zero-order valence-corrected chi connectivity index (χ0v) is 11.5. The summed E-state index contributed by atoms with van der Waals surface area (Å²) in [6, 6.07) is 8.38. The third-order valence-electron chi connectivity index (χ3n) is 3.33. The molecule has 1 unspecified atom stereocenters. The first-order chi connectivity index (χ1) is 10.1. The molecule has 0 radical (unpaired) electrons. The molecule has 0 saturated heterocycles. The Hall–Kier alpha value is -2.47. The second-order valence-corrected chi connectivity index (χ2v) is 5.00. The molecule has 21 heavy (non-hydrogen) atoms. The van der Waals surface area contributed by atoms with Gasteiger partial charge in [0.15, 0.2) is 17.3 Å². The Bertz CT molecular complexity index is 648. The number of carbonyl (C=O) groups excluding carboxylic acids is 1. The number of hydrogen-bond acceptors (Lipinski definition) is 5. The highest BCUT2D eigenvalue weighted by Gasteiger charge is 2.27. The predicted octanol–water partition coefficient (Wildman–Crippen LogP) is 1.65. The largest absolute Gasteiger partial charge is 0.459 e. The highest BCUT2D eigenvalue weighted by molar-refractivity contribution is 5.91. The summed E-state index contributed by atoms with van der Waals surface area (Å²) in [7, 11) is 0. The van der Waals surface area contributed by atoms with Gasteiger partial charge < -0.3 is 24.3 Å². The van der Waals surface area contributed by atoms with Gasteiger partial charge in [-0.25, -0.2) is 0 Å². The molecule has 0 spiro atoms. The number of aliphatic hydroxyl groups is 1. The van der Waals surface area contributed by atoms with Crippen molar-refractivity contribution in [3.63, 3.8) is 0 Å². The lowest BCUT2D eigenvalue weighted by atomic mass is 9.95. The predicted molar refractivity (Wildman–Crippen MR) is 73.2 cm³/mol. The first-order valence-corrected chi connectivity index (χ1v) is 6.50. The molecule has 1 amide bonds. The molecule has 3 rings (SSSR count). The summed E-state index contributed by atoms with van der Waals surface area (Å²) >= 11 is 0. The topological polar surface area (TPSA) is 80.9 Å². The van der Waals surface area contributed by atoms with E-state index in [9.17, 15) is 9.90 Å². The van der Waals surface area contributed by atoms with E-state index in [1.807, 2.05) is 0 Å². The maximum absolute atomic E-state index is 11.8. The number of amides is 1. The normalized spacial score (nSPS) is 15.5. The first kappa shape index (κ1) is 13.5. The van der Waals surface area contributed by atoms with Gasteiger partial charge in [-0.3, -0.25) is 4.79 Å². The lowest BCUT2D eigenvalue weighted by Crippen LogP contribution is -2.38. The van der Waals surface area contributed by atoms with Crippen molar-refractivity contribution in [3.8, 4) is 11.5 Å². The number of rotatable bonds is 4. The van der Waals surface area contributed by atoms with Crippen molar-refractivity contribution in [2.75, 3.05) is 13.3 Å². The van der Waals surface area contributed by atoms with Gasteiger partial charge in [0, 0.05) is 0 Å². The Labute approximate surface area is 121 Å². The lowest BCUT2D eigenvalue weighted by Gasteiger charge is -2.24. The number of nitrogens with one attached hydrogen (secondary N) is 1. The van der Waals surface area contributed by atoms with E-state index in [-0.39, 0.29) is 25.0 Å². The van der Waals surface area contributed by atoms with Crippen molar-refractivity contribution in [2.45, 2.75) is 12.5 Å². The Morgan fingerprint density at radius 2 is 2.14 bits per heavy atom. The Morgan fingerprint density at radius 1 is 1.33 bits per heavy atom. The number of carbonyl (C=O) groups is 1. The molecule has 1 aliphatic heterocycles. The quantitative estimate of drug-likeness (QED) is 0.894. The number of benzene rings is 1. The number of furan rings is 1. The van der Waals surface area contributed by atoms with Crippen molar-refractivity contribution >= 4 is 5.91 Å². The molecule has 1 aliphatic rings. The summed E-state index contributed by atoms with van der Waals surface area (Å²) in [5.74, 6) is 1.07. The monoisotopic (exact) mass is 289 g/mol. The summed E-state index contributed by atoms with van der Waals surface area (Å²) in [6.45, 7) is 1.84. The minimum Gasteiger partial charge on any atom is -0.459 e. The first-order valence-electron chi connectivity index (χ1n) is 6.50. The molecule has 1 aromatic carbocycles. The molecule has 6 nitrogen and oxygen atoms in total. The molecule has 2 aromatic rings. The van der Waals surface area contributed by atoms with E-state index < -0.39 is 5.60 Å². The van der Waals surface area contributed by atoms with Crippen LogP contribution < -0.4 is 14.8 Å². The number of hydrogen-bond donors (Lipinski definition) is 2. The molecule has 0 bridgehead atoms. The number of fused-ring (bicyclic) bond motifs is 1. The van der Waals surface area contributed by atoms with Crippen LogP contribution in [0.3, 0.4) is 0 Å². The highest BCUT2D eigenvalue weighted by Crippen LogP contribution is 2.35. The molecule has 2 heterocycles. The van der Waals surface area contributed by atoms with Crippen molar-refractivity contribution < 1.29 is 23.8 Å². The zero-order valence-electron chi connectivity index (χ0n) is 11.5. The second kappa shape index (κ2) is 5.14. The summed E-state index contributed by atoms with van der Waals surface area (Å²) in [6.07, 6.45) is 1.42. The van der Waals surface area contributed by atoms with Gasteiger partial charge in [-0.15, -0.1) is 0 Å². The van der Waals surface area contributed by atoms with Crippen LogP contribution in [-0.4, -0.2) is 24.4 Å². The van der Waals surface area contributed by atoms with Gasteiger partial charge in [0.2, 0.25) is 6.79 Å². The van der Waals surface area contributed by atoms with Crippen LogP contribution in [0.25, 0.3) is 0 Å². The van der Waals surface area contributed by atoms with Gasteiger partial charge in [0.05, 0.1) is 12.8 Å². The van der Waals surface area contributed by atoms with E-state index in [1.54, 1.807) is 37.3 Å². The average molecular weight is 289 g/mol. The zero-order chi connectivity index (χ0) is 14.9. The van der Waals surface area contributed by atoms with Crippen LogP contribution in [0.5, 0.6) is 11.5 Å². The molecule has 1 atom stereocenters. The molecule has 2 N–H and O–H groups in total. The van der Waals surface area contributed by atoms with E-state index in [4.69, 9.17) is 13.9 Å². The maximum atomic E-state index is 11.8. The van der Waals surface area contributed by atoms with E-state index in [2.05, 4.69) is 5.32 Å². The highest BCUT2D eigenvalue weighted by atomic mass is 16.7. The smallest absolute Gasteiger partial charge is 0.287 e. The molecule has 0 fully saturated rings. The Morgan fingerprint density at radius 3 is 2.90 bits per heavy atom. The number of ether oxygens (including phenoxy) is 2. The van der Waals surface area contributed by atoms with Gasteiger partial charge in [-0.1, -0.05) is 6.07 Å². The lowest BCUT2D eigenvalue weighted by molar-refractivity contribution is 0.0517. The molecular formula is C15H15NO5. The van der Waals surface area contributed by atoms with Gasteiger partial charge in [0.1, 0.15) is 5.60 Å². The van der Waals surface area contributed by atoms with Crippen LogP contribution in [0.15, 0.2) is 41.0 Å². The summed E-state index contributed by atoms with van der Waals surface area (Å²) in [4.78, 5) is 11.8. The molecule has 110 valence electrons. The van der Waals surface area contributed by atoms with Crippen molar-refractivity contribution in [2.24, 2.45) is 0 Å². The fourth-order valence-electron chi connectivity index (χ4n) is 2.08. The standard InChI is InChI=1S/C15H15NO5/c1-15(18,8-16-14(17)12-3-2-6-19-12)10-4-5-11-13(7-10)21-9-20-11/h2-7,18H,8-9H2,1H3,(H,16,17). The Balaban J connectivity index is 1.70. The van der Waals surface area contributed by atoms with E-state index in [0.717, 1.165) is 0 Å². The molecule has 6 heteroatoms.